The zero-order valence-corrected chi connectivity index (χ0v) is 66.6. The SMILES string of the molecule is CCCCCCCCCCCCNC(=O)c1ccc(CN(OC(=O)C(CC(=O)ON(Cc2ccc(C(=O)NCCCCCCCCCCCC)cc2)C(C)COC)C(C(=O)ON(Cc2ccc(C(=O)NCCCCCCCCCCCC)cc2)c2ccccc2)c2ccccc2Cl)c2ccc(Br)cc2)cc1. The summed E-state index contributed by atoms with van der Waals surface area (Å²) in [6.45, 7) is 10.5. The van der Waals surface area contributed by atoms with Crippen molar-refractivity contribution in [3.8, 4) is 0 Å². The first-order valence-electron chi connectivity index (χ1n) is 39.8. The quantitative estimate of drug-likeness (QED) is 0.0242. The molecule has 0 fully saturated rings. The number of halogens is 2. The Morgan fingerprint density at radius 3 is 1.14 bits per heavy atom. The average Bonchev–Trinajstić information content (AvgIpc) is 0.795. The number of rotatable bonds is 56. The zero-order valence-electron chi connectivity index (χ0n) is 64.2. The smallest absolute Gasteiger partial charge is 0.340 e. The molecule has 0 aliphatic carbocycles. The van der Waals surface area contributed by atoms with E-state index in [1.165, 1.54) is 150 Å². The first-order valence-corrected chi connectivity index (χ1v) is 41.0. The van der Waals surface area contributed by atoms with Crippen LogP contribution in [0.25, 0.3) is 0 Å². The molecule has 0 saturated carbocycles. The van der Waals surface area contributed by atoms with Gasteiger partial charge >= 0.3 is 17.9 Å². The number of carbonyl (C=O) groups excluding carboxylic acids is 6. The summed E-state index contributed by atoms with van der Waals surface area (Å²) in [5.74, 6) is -6.65. The molecule has 0 aliphatic rings. The maximum atomic E-state index is 15.8. The number of carbonyl (C=O) groups is 6. The van der Waals surface area contributed by atoms with E-state index in [2.05, 4.69) is 52.7 Å². The Balaban J connectivity index is 1.25. The van der Waals surface area contributed by atoms with Gasteiger partial charge in [-0.05, 0) is 127 Å². The molecule has 6 aromatic carbocycles. The van der Waals surface area contributed by atoms with E-state index in [-0.39, 0.29) is 54.5 Å². The number of para-hydroxylation sites is 1. The summed E-state index contributed by atoms with van der Waals surface area (Å²) < 4.78 is 6.36. The van der Waals surface area contributed by atoms with Gasteiger partial charge in [0.15, 0.2) is 0 Å². The Bertz CT molecular complexity index is 3440. The van der Waals surface area contributed by atoms with E-state index in [9.17, 15) is 14.4 Å². The molecular formula is C88H122BrClN6O10. The Morgan fingerprint density at radius 1 is 0.406 bits per heavy atom. The number of nitrogens with one attached hydrogen (secondary N) is 3. The lowest BCUT2D eigenvalue weighted by molar-refractivity contribution is -0.210. The van der Waals surface area contributed by atoms with E-state index < -0.39 is 42.2 Å². The van der Waals surface area contributed by atoms with E-state index in [0.717, 1.165) is 67.8 Å². The molecule has 106 heavy (non-hydrogen) atoms. The van der Waals surface area contributed by atoms with E-state index >= 15 is 14.4 Å². The van der Waals surface area contributed by atoms with Crippen molar-refractivity contribution in [2.24, 2.45) is 5.92 Å². The van der Waals surface area contributed by atoms with Crippen LogP contribution in [0.15, 0.2) is 156 Å². The number of ether oxygens (including phenoxy) is 1. The third-order valence-corrected chi connectivity index (χ3v) is 20.2. The number of hydrogen-bond donors (Lipinski definition) is 3. The third kappa shape index (κ3) is 33.7. The lowest BCUT2D eigenvalue weighted by Crippen LogP contribution is -2.41. The maximum absolute atomic E-state index is 15.8. The number of amides is 3. The van der Waals surface area contributed by atoms with Crippen molar-refractivity contribution in [3.05, 3.63) is 200 Å². The molecule has 0 aliphatic heterocycles. The molecule has 0 heterocycles. The van der Waals surface area contributed by atoms with Gasteiger partial charge in [-0.25, -0.2) is 19.7 Å². The normalized spacial score (nSPS) is 12.1. The molecule has 3 unspecified atom stereocenters. The number of benzene rings is 6. The molecule has 3 N–H and O–H groups in total. The second-order valence-corrected chi connectivity index (χ2v) is 29.6. The second-order valence-electron chi connectivity index (χ2n) is 28.3. The topological polar surface area (TPSA) is 185 Å². The zero-order chi connectivity index (χ0) is 75.8. The van der Waals surface area contributed by atoms with Gasteiger partial charge in [-0.2, -0.15) is 0 Å². The number of hydroxylamine groups is 4. The van der Waals surface area contributed by atoms with Crippen molar-refractivity contribution >= 4 is 74.5 Å². The molecule has 6 aromatic rings. The van der Waals surface area contributed by atoms with Crippen molar-refractivity contribution in [2.75, 3.05) is 43.5 Å². The summed E-state index contributed by atoms with van der Waals surface area (Å²) in [5, 5.41) is 13.6. The number of nitrogens with zero attached hydrogens (tertiary/aromatic N) is 3. The fraction of sp³-hybridized carbons (Fsp3) is 0.523. The van der Waals surface area contributed by atoms with Gasteiger partial charge in [0.05, 0.1) is 61.9 Å². The van der Waals surface area contributed by atoms with Gasteiger partial charge < -0.3 is 35.2 Å². The highest BCUT2D eigenvalue weighted by atomic mass is 79.9. The van der Waals surface area contributed by atoms with Crippen molar-refractivity contribution in [1.29, 1.82) is 0 Å². The summed E-state index contributed by atoms with van der Waals surface area (Å²) in [4.78, 5) is 106. The third-order valence-electron chi connectivity index (χ3n) is 19.4. The molecule has 578 valence electrons. The van der Waals surface area contributed by atoms with Crippen LogP contribution in [0.1, 0.15) is 286 Å². The van der Waals surface area contributed by atoms with Crippen molar-refractivity contribution in [1.82, 2.24) is 21.0 Å². The minimum absolute atomic E-state index is 0.0111. The van der Waals surface area contributed by atoms with Crippen LogP contribution in [0.2, 0.25) is 5.02 Å². The van der Waals surface area contributed by atoms with Gasteiger partial charge in [0, 0.05) is 52.9 Å². The first-order chi connectivity index (χ1) is 51.7. The predicted octanol–water partition coefficient (Wildman–Crippen LogP) is 21.5. The van der Waals surface area contributed by atoms with E-state index in [4.69, 9.17) is 30.9 Å². The Hall–Kier alpha value is -7.57. The minimum atomic E-state index is -1.67. The average molecular weight is 1540 g/mol. The molecule has 0 radical (unpaired) electrons. The van der Waals surface area contributed by atoms with Crippen LogP contribution >= 0.6 is 27.5 Å². The van der Waals surface area contributed by atoms with E-state index in [0.29, 0.717) is 58.8 Å². The summed E-state index contributed by atoms with van der Waals surface area (Å²) in [6.07, 6.45) is 35.3. The fourth-order valence-corrected chi connectivity index (χ4v) is 13.5. The highest BCUT2D eigenvalue weighted by molar-refractivity contribution is 9.10. The van der Waals surface area contributed by atoms with E-state index in [1.807, 2.05) is 37.3 Å². The number of methoxy groups -OCH3 is 1. The van der Waals surface area contributed by atoms with Gasteiger partial charge in [0.25, 0.3) is 17.7 Å². The molecule has 0 bridgehead atoms. The molecule has 3 amide bonds. The van der Waals surface area contributed by atoms with Crippen molar-refractivity contribution < 1.29 is 48.0 Å². The van der Waals surface area contributed by atoms with Crippen LogP contribution in [0, 0.1) is 5.92 Å². The monoisotopic (exact) mass is 1540 g/mol. The lowest BCUT2D eigenvalue weighted by atomic mass is 9.83. The Morgan fingerprint density at radius 2 is 0.755 bits per heavy atom. The molecule has 0 spiro atoms. The molecule has 0 aromatic heterocycles. The van der Waals surface area contributed by atoms with Crippen LogP contribution in [0.3, 0.4) is 0 Å². The highest BCUT2D eigenvalue weighted by Gasteiger charge is 2.43. The summed E-state index contributed by atoms with van der Waals surface area (Å²) in [6, 6.07) is 43.5. The number of anilines is 2. The van der Waals surface area contributed by atoms with Crippen LogP contribution in [0.5, 0.6) is 0 Å². The Kier molecular flexibility index (Phi) is 43.2. The van der Waals surface area contributed by atoms with Crippen molar-refractivity contribution in [3.63, 3.8) is 0 Å². The van der Waals surface area contributed by atoms with Crippen LogP contribution in [0.4, 0.5) is 11.4 Å². The van der Waals surface area contributed by atoms with Gasteiger partial charge in [0.1, 0.15) is 0 Å². The largest absolute Gasteiger partial charge is 0.383 e. The van der Waals surface area contributed by atoms with Gasteiger partial charge in [-0.15, -0.1) is 5.06 Å². The molecule has 3 atom stereocenters. The highest BCUT2D eigenvalue weighted by Crippen LogP contribution is 2.37. The summed E-state index contributed by atoms with van der Waals surface area (Å²) in [5.41, 5.74) is 4.68. The lowest BCUT2D eigenvalue weighted by Gasteiger charge is -2.32. The molecule has 0 saturated heterocycles. The predicted molar refractivity (Wildman–Crippen MR) is 432 cm³/mol. The van der Waals surface area contributed by atoms with Gasteiger partial charge in [-0.1, -0.05) is 294 Å². The maximum Gasteiger partial charge on any atom is 0.340 e. The van der Waals surface area contributed by atoms with Crippen molar-refractivity contribution in [2.45, 2.75) is 258 Å². The van der Waals surface area contributed by atoms with Crippen LogP contribution < -0.4 is 26.1 Å². The number of unbranched alkanes of at least 4 members (excludes halogenated alkanes) is 27. The molecular weight excluding hydrogens is 1420 g/mol. The second kappa shape index (κ2) is 52.4. The van der Waals surface area contributed by atoms with Crippen LogP contribution in [-0.2, 0) is 53.3 Å². The Labute approximate surface area is 647 Å². The summed E-state index contributed by atoms with van der Waals surface area (Å²) >= 11 is 10.7. The van der Waals surface area contributed by atoms with Gasteiger partial charge in [0.2, 0.25) is 0 Å². The minimum Gasteiger partial charge on any atom is -0.383 e. The van der Waals surface area contributed by atoms with E-state index in [1.54, 1.807) is 128 Å². The van der Waals surface area contributed by atoms with Gasteiger partial charge in [-0.3, -0.25) is 19.2 Å². The molecule has 16 nitrogen and oxygen atoms in total. The summed E-state index contributed by atoms with van der Waals surface area (Å²) in [7, 11) is 1.54. The standard InChI is InChI=1S/C88H122BrClN6O10/c1-6-9-12-15-18-21-24-27-30-38-61-91-84(98)73-51-45-70(46-52-73)65-94(69(4)68-103-5)104-82(97)64-80(87(101)105-96(78-59-57-76(89)58-60-78)67-72-49-55-75(56-50-72)86(100)93-63-40-32-29-26-23-20-17-14-11-8-3)83(79-43-36-37-44-81(79)90)88(102)106-95(77-41-34-33-35-42-77)66-71-47-53-74(54-48-71)85(99)92-62-39-31-28-25-22-19-16-13-10-7-2/h33-37,41-60,69,80,83H,6-32,38-40,61-68H2,1-5H3,(H,91,98)(H,92,99)(H,93,100). The molecule has 18 heteroatoms. The fourth-order valence-electron chi connectivity index (χ4n) is 13.0. The number of hydrogen-bond acceptors (Lipinski definition) is 13. The first kappa shape index (κ1) is 87.3. The molecule has 6 rings (SSSR count). The van der Waals surface area contributed by atoms with Crippen LogP contribution in [-0.4, -0.2) is 80.1 Å².